The quantitative estimate of drug-likeness (QED) is 0.395. The molecule has 0 bridgehead atoms. The molecular weight excluding hydrogens is 580 g/mol. The van der Waals surface area contributed by atoms with E-state index in [-0.39, 0.29) is 18.2 Å². The first kappa shape index (κ1) is 29.6. The number of ether oxygens (including phenoxy) is 2. The van der Waals surface area contributed by atoms with Crippen LogP contribution in [0, 0.1) is 0 Å². The summed E-state index contributed by atoms with van der Waals surface area (Å²) in [5.41, 5.74) is 2.24. The molecule has 2 aromatic carbocycles. The van der Waals surface area contributed by atoms with Crippen LogP contribution < -0.4 is 0 Å². The van der Waals surface area contributed by atoms with Crippen LogP contribution >= 0.6 is 27.5 Å². The van der Waals surface area contributed by atoms with Crippen molar-refractivity contribution < 1.29 is 34.1 Å². The number of hydrogen-bond acceptors (Lipinski definition) is 6. The average Bonchev–Trinajstić information content (AvgIpc) is 3.26. The van der Waals surface area contributed by atoms with Gasteiger partial charge in [0.1, 0.15) is 6.10 Å². The second-order valence-electron chi connectivity index (χ2n) is 8.77. The summed E-state index contributed by atoms with van der Waals surface area (Å²) in [6.07, 6.45) is 2.26. The SMILES string of the molecule is O=C(O)/C=C/C(=O)O.O=C1OC(Cc2ccccc2Br)CN1C(CCN1CCOCC1)c1ccc(Cl)cc1. The molecule has 2 aromatic rings. The molecule has 4 rings (SSSR count). The molecule has 2 heterocycles. The normalized spacial score (nSPS) is 18.5. The zero-order valence-corrected chi connectivity index (χ0v) is 23.0. The first-order valence-corrected chi connectivity index (χ1v) is 13.3. The maximum absolute atomic E-state index is 12.8. The Balaban J connectivity index is 0.000000436. The number of cyclic esters (lactones) is 1. The Morgan fingerprint density at radius 2 is 1.68 bits per heavy atom. The number of carboxylic acids is 2. The van der Waals surface area contributed by atoms with Crippen LogP contribution in [-0.4, -0.2) is 83.5 Å². The molecule has 2 aliphatic heterocycles. The number of carbonyl (C=O) groups is 3. The van der Waals surface area contributed by atoms with Gasteiger partial charge in [-0.25, -0.2) is 14.4 Å². The minimum atomic E-state index is -1.26. The van der Waals surface area contributed by atoms with E-state index < -0.39 is 11.9 Å². The Morgan fingerprint density at radius 3 is 2.29 bits per heavy atom. The highest BCUT2D eigenvalue weighted by Gasteiger charge is 2.37. The molecule has 9 nitrogen and oxygen atoms in total. The Bertz CT molecular complexity index is 1110. The summed E-state index contributed by atoms with van der Waals surface area (Å²) < 4.78 is 12.3. The largest absolute Gasteiger partial charge is 0.478 e. The van der Waals surface area contributed by atoms with E-state index in [0.717, 1.165) is 54.9 Å². The minimum absolute atomic E-state index is 0.0400. The molecule has 2 N–H and O–H groups in total. The van der Waals surface area contributed by atoms with Crippen LogP contribution in [0.4, 0.5) is 4.79 Å². The highest BCUT2D eigenvalue weighted by atomic mass is 79.9. The van der Waals surface area contributed by atoms with Crippen molar-refractivity contribution in [2.24, 2.45) is 0 Å². The smallest absolute Gasteiger partial charge is 0.410 e. The third-order valence-corrected chi connectivity index (χ3v) is 7.16. The molecule has 0 spiro atoms. The lowest BCUT2D eigenvalue weighted by Gasteiger charge is -2.31. The molecule has 204 valence electrons. The van der Waals surface area contributed by atoms with Crippen LogP contribution in [0.3, 0.4) is 0 Å². The summed E-state index contributed by atoms with van der Waals surface area (Å²) in [7, 11) is 0. The lowest BCUT2D eigenvalue weighted by Crippen LogP contribution is -2.39. The van der Waals surface area contributed by atoms with Crippen molar-refractivity contribution in [1.82, 2.24) is 9.80 Å². The molecule has 2 atom stereocenters. The summed E-state index contributed by atoms with van der Waals surface area (Å²) in [6, 6.07) is 15.8. The van der Waals surface area contributed by atoms with Gasteiger partial charge in [0.25, 0.3) is 0 Å². The van der Waals surface area contributed by atoms with E-state index in [2.05, 4.69) is 26.9 Å². The molecule has 2 aliphatic rings. The summed E-state index contributed by atoms with van der Waals surface area (Å²) in [6.45, 7) is 4.90. The molecule has 1 amide bonds. The molecule has 38 heavy (non-hydrogen) atoms. The Hall–Kier alpha value is -2.92. The average molecular weight is 610 g/mol. The number of morpholine rings is 1. The van der Waals surface area contributed by atoms with Crippen LogP contribution in [0.2, 0.25) is 5.02 Å². The maximum atomic E-state index is 12.8. The van der Waals surface area contributed by atoms with Gasteiger partial charge in [0.15, 0.2) is 0 Å². The van der Waals surface area contributed by atoms with Gasteiger partial charge in [-0.15, -0.1) is 0 Å². The number of nitrogens with zero attached hydrogens (tertiary/aromatic N) is 2. The van der Waals surface area contributed by atoms with Gasteiger partial charge in [-0.05, 0) is 35.7 Å². The van der Waals surface area contributed by atoms with Crippen LogP contribution in [0.15, 0.2) is 65.2 Å². The molecule has 0 aromatic heterocycles. The maximum Gasteiger partial charge on any atom is 0.410 e. The highest BCUT2D eigenvalue weighted by molar-refractivity contribution is 9.10. The van der Waals surface area contributed by atoms with Crippen LogP contribution in [-0.2, 0) is 25.5 Å². The molecule has 0 radical (unpaired) electrons. The first-order valence-electron chi connectivity index (χ1n) is 12.1. The van der Waals surface area contributed by atoms with Gasteiger partial charge in [-0.3, -0.25) is 9.80 Å². The zero-order valence-electron chi connectivity index (χ0n) is 20.7. The fourth-order valence-corrected chi connectivity index (χ4v) is 4.84. The fourth-order valence-electron chi connectivity index (χ4n) is 4.27. The van der Waals surface area contributed by atoms with Gasteiger partial charge < -0.3 is 19.7 Å². The lowest BCUT2D eigenvalue weighted by atomic mass is 10.0. The number of amides is 1. The lowest BCUT2D eigenvalue weighted by molar-refractivity contribution is -0.134. The predicted octanol–water partition coefficient (Wildman–Crippen LogP) is 4.64. The standard InChI is InChI=1S/C23H26BrClN2O3.C4H4O4/c24-21-4-2-1-3-18(21)15-20-16-27(23(28)30-20)22(17-5-7-19(25)8-6-17)9-10-26-11-13-29-14-12-26;5-3(6)1-2-4(7)8/h1-8,20,22H,9-16H2;1-2H,(H,5,6)(H,7,8)/b;2-1+. The third-order valence-electron chi connectivity index (χ3n) is 6.13. The topological polar surface area (TPSA) is 117 Å². The number of hydrogen-bond donors (Lipinski definition) is 2. The second-order valence-corrected chi connectivity index (χ2v) is 10.1. The third kappa shape index (κ3) is 9.43. The van der Waals surface area contributed by atoms with Crippen molar-refractivity contribution >= 4 is 45.6 Å². The Kier molecular flexibility index (Phi) is 11.6. The van der Waals surface area contributed by atoms with Crippen LogP contribution in [0.5, 0.6) is 0 Å². The van der Waals surface area contributed by atoms with E-state index >= 15 is 0 Å². The van der Waals surface area contributed by atoms with E-state index in [1.807, 2.05) is 47.4 Å². The van der Waals surface area contributed by atoms with Crippen molar-refractivity contribution in [3.05, 3.63) is 81.3 Å². The molecule has 2 saturated heterocycles. The fraction of sp³-hybridized carbons (Fsp3) is 0.370. The van der Waals surface area contributed by atoms with Gasteiger partial charge in [0, 0.05) is 47.7 Å². The summed E-state index contributed by atoms with van der Waals surface area (Å²) >= 11 is 9.69. The van der Waals surface area contributed by atoms with Gasteiger partial charge >= 0.3 is 18.0 Å². The van der Waals surface area contributed by atoms with Crippen molar-refractivity contribution in [1.29, 1.82) is 0 Å². The number of benzene rings is 2. The van der Waals surface area contributed by atoms with Crippen molar-refractivity contribution in [3.8, 4) is 0 Å². The summed E-state index contributed by atoms with van der Waals surface area (Å²) in [4.78, 5) is 36.2. The summed E-state index contributed by atoms with van der Waals surface area (Å²) in [5, 5.41) is 16.3. The Labute approximate surface area is 234 Å². The van der Waals surface area contributed by atoms with E-state index in [9.17, 15) is 14.4 Å². The molecule has 2 fully saturated rings. The van der Waals surface area contributed by atoms with Gasteiger partial charge in [-0.1, -0.05) is 57.9 Å². The molecule has 0 saturated carbocycles. The van der Waals surface area contributed by atoms with Crippen molar-refractivity contribution in [2.75, 3.05) is 39.4 Å². The Morgan fingerprint density at radius 1 is 1.05 bits per heavy atom. The molecular formula is C27H30BrClN2O7. The van der Waals surface area contributed by atoms with E-state index in [1.54, 1.807) is 0 Å². The molecule has 0 aliphatic carbocycles. The number of halogens is 2. The molecule has 2 unspecified atom stereocenters. The zero-order chi connectivity index (χ0) is 27.5. The van der Waals surface area contributed by atoms with E-state index in [4.69, 9.17) is 31.3 Å². The molecule has 11 heteroatoms. The number of aliphatic carboxylic acids is 2. The number of carboxylic acid groups (broad SMARTS) is 2. The van der Waals surface area contributed by atoms with Gasteiger partial charge in [0.05, 0.1) is 25.8 Å². The highest BCUT2D eigenvalue weighted by Crippen LogP contribution is 2.32. The number of rotatable bonds is 9. The van der Waals surface area contributed by atoms with E-state index in [1.165, 1.54) is 0 Å². The van der Waals surface area contributed by atoms with E-state index in [0.29, 0.717) is 30.1 Å². The van der Waals surface area contributed by atoms with Gasteiger partial charge in [0.2, 0.25) is 0 Å². The predicted molar refractivity (Wildman–Crippen MR) is 145 cm³/mol. The van der Waals surface area contributed by atoms with Crippen LogP contribution in [0.1, 0.15) is 23.6 Å². The summed E-state index contributed by atoms with van der Waals surface area (Å²) in [5.74, 6) is -2.51. The second kappa shape index (κ2) is 14.9. The first-order chi connectivity index (χ1) is 18.2. The monoisotopic (exact) mass is 608 g/mol. The van der Waals surface area contributed by atoms with Crippen LogP contribution in [0.25, 0.3) is 0 Å². The number of carbonyl (C=O) groups excluding carboxylic acids is 1. The minimum Gasteiger partial charge on any atom is -0.478 e. The van der Waals surface area contributed by atoms with Gasteiger partial charge in [-0.2, -0.15) is 0 Å². The van der Waals surface area contributed by atoms with Crippen molar-refractivity contribution in [2.45, 2.75) is 25.0 Å². The van der Waals surface area contributed by atoms with Crippen molar-refractivity contribution in [3.63, 3.8) is 0 Å².